The molecule has 1 atom stereocenters. The average Bonchev–Trinajstić information content (AvgIpc) is 3.04. The van der Waals surface area contributed by atoms with Crippen molar-refractivity contribution in [3.8, 4) is 5.75 Å². The zero-order valence-electron chi connectivity index (χ0n) is 16.3. The first-order valence-corrected chi connectivity index (χ1v) is 9.82. The molecule has 0 aliphatic carbocycles. The summed E-state index contributed by atoms with van der Waals surface area (Å²) in [7, 11) is 7.69. The Balaban J connectivity index is 1.83. The van der Waals surface area contributed by atoms with Gasteiger partial charge in [-0.2, -0.15) is 5.10 Å². The van der Waals surface area contributed by atoms with Gasteiger partial charge in [0.1, 0.15) is 6.61 Å². The average molecular weight is 448 g/mol. The van der Waals surface area contributed by atoms with Crippen LogP contribution in [0.1, 0.15) is 11.6 Å². The quantitative estimate of drug-likeness (QED) is 0.369. The first kappa shape index (κ1) is 22.6. The molecule has 0 aliphatic rings. The molecule has 10 heteroatoms. The van der Waals surface area contributed by atoms with E-state index in [0.29, 0.717) is 46.5 Å². The number of hydrogen-bond donors (Lipinski definition) is 2. The van der Waals surface area contributed by atoms with Gasteiger partial charge in [0, 0.05) is 37.4 Å². The Labute approximate surface area is 180 Å². The first-order valence-electron chi connectivity index (χ1n) is 8.68. The lowest BCUT2D eigenvalue weighted by molar-refractivity contribution is 0.297. The number of rotatable bonds is 8. The van der Waals surface area contributed by atoms with Crippen molar-refractivity contribution in [3.05, 3.63) is 45.2 Å². The van der Waals surface area contributed by atoms with E-state index in [1.807, 2.05) is 33.5 Å². The van der Waals surface area contributed by atoms with E-state index in [1.165, 1.54) is 0 Å². The van der Waals surface area contributed by atoms with Crippen molar-refractivity contribution in [2.24, 2.45) is 12.0 Å². The molecule has 0 bridgehead atoms. The highest BCUT2D eigenvalue weighted by Crippen LogP contribution is 2.35. The fourth-order valence-corrected chi connectivity index (χ4v) is 3.54. The monoisotopic (exact) mass is 446 g/mol. The fraction of sp³-hybridized carbons (Fsp3) is 0.444. The molecule has 28 heavy (non-hydrogen) atoms. The van der Waals surface area contributed by atoms with Gasteiger partial charge in [-0.05, 0) is 26.2 Å². The number of aromatic nitrogens is 2. The fourth-order valence-electron chi connectivity index (χ4n) is 2.61. The number of benzene rings is 1. The molecule has 0 saturated heterocycles. The van der Waals surface area contributed by atoms with Gasteiger partial charge in [0.05, 0.1) is 28.8 Å². The summed E-state index contributed by atoms with van der Waals surface area (Å²) in [5.74, 6) is 1.09. The molecule has 0 saturated carbocycles. The highest BCUT2D eigenvalue weighted by Gasteiger charge is 2.16. The molecule has 0 fully saturated rings. The van der Waals surface area contributed by atoms with Crippen LogP contribution in [0.25, 0.3) is 0 Å². The van der Waals surface area contributed by atoms with Crippen LogP contribution in [0.5, 0.6) is 5.75 Å². The zero-order valence-corrected chi connectivity index (χ0v) is 18.6. The van der Waals surface area contributed by atoms with E-state index in [4.69, 9.17) is 39.5 Å². The summed E-state index contributed by atoms with van der Waals surface area (Å²) >= 11 is 18.1. The number of guanidine groups is 1. The molecular formula is C18H25Cl3N6O. The van der Waals surface area contributed by atoms with Gasteiger partial charge < -0.3 is 20.3 Å². The number of aryl methyl sites for hydroxylation is 1. The highest BCUT2D eigenvalue weighted by atomic mass is 35.5. The summed E-state index contributed by atoms with van der Waals surface area (Å²) in [6.45, 7) is 1.56. The van der Waals surface area contributed by atoms with Crippen LogP contribution >= 0.6 is 34.8 Å². The molecule has 0 amide bonds. The van der Waals surface area contributed by atoms with Crippen molar-refractivity contribution in [1.82, 2.24) is 25.3 Å². The van der Waals surface area contributed by atoms with Crippen LogP contribution in [0, 0.1) is 0 Å². The number of hydrogen-bond acceptors (Lipinski definition) is 4. The maximum atomic E-state index is 6.12. The molecule has 1 aromatic heterocycles. The molecule has 1 unspecified atom stereocenters. The number of aliphatic imine (C=N–C) groups is 1. The Morgan fingerprint density at radius 3 is 2.46 bits per heavy atom. The lowest BCUT2D eigenvalue weighted by atomic mass is 10.1. The van der Waals surface area contributed by atoms with Gasteiger partial charge in [-0.15, -0.1) is 0 Å². The predicted molar refractivity (Wildman–Crippen MR) is 116 cm³/mol. The van der Waals surface area contributed by atoms with Crippen molar-refractivity contribution in [1.29, 1.82) is 0 Å². The van der Waals surface area contributed by atoms with Crippen molar-refractivity contribution >= 4 is 40.8 Å². The molecule has 7 nitrogen and oxygen atoms in total. The minimum atomic E-state index is 0.162. The second kappa shape index (κ2) is 10.8. The second-order valence-electron chi connectivity index (χ2n) is 6.35. The molecular weight excluding hydrogens is 423 g/mol. The predicted octanol–water partition coefficient (Wildman–Crippen LogP) is 3.23. The Bertz CT molecular complexity index is 785. The highest BCUT2D eigenvalue weighted by molar-refractivity contribution is 6.40. The van der Waals surface area contributed by atoms with Crippen LogP contribution in [-0.4, -0.2) is 61.5 Å². The molecule has 2 aromatic rings. The minimum absolute atomic E-state index is 0.162. The van der Waals surface area contributed by atoms with E-state index in [-0.39, 0.29) is 6.04 Å². The number of ether oxygens (including phenoxy) is 1. The third-order valence-electron chi connectivity index (χ3n) is 4.02. The lowest BCUT2D eigenvalue weighted by Gasteiger charge is -2.24. The third kappa shape index (κ3) is 6.44. The second-order valence-corrected chi connectivity index (χ2v) is 7.60. The molecule has 0 aliphatic heterocycles. The Kier molecular flexibility index (Phi) is 8.69. The molecule has 154 valence electrons. The van der Waals surface area contributed by atoms with E-state index in [0.717, 1.165) is 5.56 Å². The summed E-state index contributed by atoms with van der Waals surface area (Å²) in [5, 5.41) is 12.0. The Morgan fingerprint density at radius 2 is 1.93 bits per heavy atom. The Hall–Kier alpha value is -1.67. The zero-order chi connectivity index (χ0) is 20.7. The van der Waals surface area contributed by atoms with Gasteiger partial charge in [0.15, 0.2) is 11.7 Å². The molecule has 1 heterocycles. The standard InChI is InChI=1S/C18H25Cl3N6O/c1-22-18(24-10-16(26(2)3)12-9-25-27(4)11-12)23-5-6-28-17-14(20)7-13(19)8-15(17)21/h7-9,11,16H,5-6,10H2,1-4H3,(H2,22,23,24). The van der Waals surface area contributed by atoms with Gasteiger partial charge in [0.25, 0.3) is 0 Å². The minimum Gasteiger partial charge on any atom is -0.489 e. The molecule has 0 spiro atoms. The van der Waals surface area contributed by atoms with Crippen molar-refractivity contribution in [2.45, 2.75) is 6.04 Å². The smallest absolute Gasteiger partial charge is 0.191 e. The number of nitrogens with one attached hydrogen (secondary N) is 2. The number of likely N-dealkylation sites (N-methyl/N-ethyl adjacent to an activating group) is 1. The topological polar surface area (TPSA) is 66.7 Å². The van der Waals surface area contributed by atoms with Gasteiger partial charge in [0.2, 0.25) is 0 Å². The van der Waals surface area contributed by atoms with Crippen molar-refractivity contribution < 1.29 is 4.74 Å². The summed E-state index contributed by atoms with van der Waals surface area (Å²) in [4.78, 5) is 6.37. The van der Waals surface area contributed by atoms with E-state index < -0.39 is 0 Å². The summed E-state index contributed by atoms with van der Waals surface area (Å²) in [6, 6.07) is 3.35. The summed E-state index contributed by atoms with van der Waals surface area (Å²) in [6.07, 6.45) is 3.88. The molecule has 1 aromatic carbocycles. The van der Waals surface area contributed by atoms with Gasteiger partial charge >= 0.3 is 0 Å². The first-order chi connectivity index (χ1) is 13.3. The van der Waals surface area contributed by atoms with E-state index in [9.17, 15) is 0 Å². The van der Waals surface area contributed by atoms with Crippen molar-refractivity contribution in [2.75, 3.05) is 40.8 Å². The third-order valence-corrected chi connectivity index (χ3v) is 4.80. The van der Waals surface area contributed by atoms with Gasteiger partial charge in [-0.1, -0.05) is 34.8 Å². The van der Waals surface area contributed by atoms with Crippen LogP contribution < -0.4 is 15.4 Å². The van der Waals surface area contributed by atoms with E-state index in [1.54, 1.807) is 23.9 Å². The van der Waals surface area contributed by atoms with E-state index in [2.05, 4.69) is 25.6 Å². The molecule has 2 rings (SSSR count). The Morgan fingerprint density at radius 1 is 1.25 bits per heavy atom. The van der Waals surface area contributed by atoms with Crippen LogP contribution in [0.2, 0.25) is 15.1 Å². The summed E-state index contributed by atoms with van der Waals surface area (Å²) in [5.41, 5.74) is 1.13. The lowest BCUT2D eigenvalue weighted by Crippen LogP contribution is -2.43. The van der Waals surface area contributed by atoms with Gasteiger partial charge in [-0.25, -0.2) is 0 Å². The maximum absolute atomic E-state index is 6.12. The van der Waals surface area contributed by atoms with Crippen LogP contribution in [0.4, 0.5) is 0 Å². The van der Waals surface area contributed by atoms with E-state index >= 15 is 0 Å². The number of halogens is 3. The SMILES string of the molecule is CN=C(NCCOc1c(Cl)cc(Cl)cc1Cl)NCC(c1cnn(C)c1)N(C)C. The van der Waals surface area contributed by atoms with Crippen LogP contribution in [-0.2, 0) is 7.05 Å². The maximum Gasteiger partial charge on any atom is 0.191 e. The summed E-state index contributed by atoms with van der Waals surface area (Å²) < 4.78 is 7.46. The molecule has 0 radical (unpaired) electrons. The van der Waals surface area contributed by atoms with Crippen LogP contribution in [0.3, 0.4) is 0 Å². The normalized spacial score (nSPS) is 12.9. The largest absolute Gasteiger partial charge is 0.489 e. The number of nitrogens with zero attached hydrogens (tertiary/aromatic N) is 4. The molecule has 2 N–H and O–H groups in total. The van der Waals surface area contributed by atoms with Crippen molar-refractivity contribution in [3.63, 3.8) is 0 Å². The van der Waals surface area contributed by atoms with Gasteiger partial charge in [-0.3, -0.25) is 9.67 Å². The van der Waals surface area contributed by atoms with Crippen LogP contribution in [0.15, 0.2) is 29.5 Å².